The standard InChI is InChI=1S/C16H24N2O2/c1-3-12-5-9-14(10-6-12)20-11-16(15(17)19,18-4-2)13-7-8-13/h5-6,9-10,13,18H,3-4,7-8,11H2,1-2H3,(H2,17,19). The van der Waals surface area contributed by atoms with Crippen LogP contribution >= 0.6 is 0 Å². The monoisotopic (exact) mass is 276 g/mol. The summed E-state index contributed by atoms with van der Waals surface area (Å²) in [6.07, 6.45) is 3.08. The molecule has 0 radical (unpaired) electrons. The Morgan fingerprint density at radius 1 is 1.35 bits per heavy atom. The number of nitrogens with one attached hydrogen (secondary N) is 1. The van der Waals surface area contributed by atoms with E-state index in [4.69, 9.17) is 10.5 Å². The van der Waals surface area contributed by atoms with Gasteiger partial charge in [0.25, 0.3) is 0 Å². The van der Waals surface area contributed by atoms with Gasteiger partial charge in [-0.2, -0.15) is 0 Å². The molecule has 1 aromatic rings. The van der Waals surface area contributed by atoms with Gasteiger partial charge in [0, 0.05) is 0 Å². The van der Waals surface area contributed by atoms with Gasteiger partial charge in [-0.05, 0) is 49.4 Å². The van der Waals surface area contributed by atoms with E-state index in [-0.39, 0.29) is 5.91 Å². The lowest BCUT2D eigenvalue weighted by molar-refractivity contribution is -0.126. The summed E-state index contributed by atoms with van der Waals surface area (Å²) in [5.41, 5.74) is 6.17. The number of hydrogen-bond donors (Lipinski definition) is 2. The summed E-state index contributed by atoms with van der Waals surface area (Å²) in [6, 6.07) is 7.99. The predicted molar refractivity (Wildman–Crippen MR) is 79.6 cm³/mol. The van der Waals surface area contributed by atoms with E-state index in [1.165, 1.54) is 5.56 Å². The van der Waals surface area contributed by atoms with Gasteiger partial charge in [-0.15, -0.1) is 0 Å². The third-order valence-corrected chi connectivity index (χ3v) is 4.00. The maximum atomic E-state index is 11.9. The number of primary amides is 1. The highest BCUT2D eigenvalue weighted by atomic mass is 16.5. The molecule has 3 N–H and O–H groups in total. The van der Waals surface area contributed by atoms with Crippen LogP contribution in [-0.2, 0) is 11.2 Å². The Balaban J connectivity index is 2.05. The Bertz CT molecular complexity index is 454. The molecule has 20 heavy (non-hydrogen) atoms. The smallest absolute Gasteiger partial charge is 0.241 e. The predicted octanol–water partition coefficient (Wildman–Crippen LogP) is 1.87. The van der Waals surface area contributed by atoms with Crippen molar-refractivity contribution in [2.45, 2.75) is 38.6 Å². The van der Waals surface area contributed by atoms with Crippen molar-refractivity contribution >= 4 is 5.91 Å². The second-order valence-electron chi connectivity index (χ2n) is 5.43. The lowest BCUT2D eigenvalue weighted by Crippen LogP contribution is -2.61. The lowest BCUT2D eigenvalue weighted by Gasteiger charge is -2.31. The van der Waals surface area contributed by atoms with Crippen LogP contribution in [0.3, 0.4) is 0 Å². The van der Waals surface area contributed by atoms with E-state index in [0.29, 0.717) is 19.1 Å². The van der Waals surface area contributed by atoms with Crippen molar-refractivity contribution in [2.75, 3.05) is 13.2 Å². The van der Waals surface area contributed by atoms with E-state index >= 15 is 0 Å². The fourth-order valence-corrected chi connectivity index (χ4v) is 2.58. The summed E-state index contributed by atoms with van der Waals surface area (Å²) in [5.74, 6) is 0.772. The van der Waals surface area contributed by atoms with Crippen LogP contribution in [0.15, 0.2) is 24.3 Å². The van der Waals surface area contributed by atoms with Crippen LogP contribution in [0.4, 0.5) is 0 Å². The molecular formula is C16H24N2O2. The Morgan fingerprint density at radius 3 is 2.45 bits per heavy atom. The van der Waals surface area contributed by atoms with E-state index < -0.39 is 5.54 Å². The lowest BCUT2D eigenvalue weighted by atomic mass is 9.93. The number of rotatable bonds is 8. The summed E-state index contributed by atoms with van der Waals surface area (Å²) in [6.45, 7) is 5.10. The highest BCUT2D eigenvalue weighted by molar-refractivity contribution is 5.85. The fourth-order valence-electron chi connectivity index (χ4n) is 2.58. The Labute approximate surface area is 120 Å². The zero-order chi connectivity index (χ0) is 14.6. The van der Waals surface area contributed by atoms with Crippen molar-refractivity contribution in [3.05, 3.63) is 29.8 Å². The van der Waals surface area contributed by atoms with Crippen molar-refractivity contribution in [2.24, 2.45) is 11.7 Å². The van der Waals surface area contributed by atoms with Gasteiger partial charge in [0.05, 0.1) is 0 Å². The molecule has 1 amide bonds. The molecule has 1 aliphatic rings. The summed E-state index contributed by atoms with van der Waals surface area (Å²) in [7, 11) is 0. The van der Waals surface area contributed by atoms with Crippen LogP contribution in [0.1, 0.15) is 32.3 Å². The molecule has 0 saturated heterocycles. The molecule has 1 aliphatic carbocycles. The first kappa shape index (κ1) is 14.9. The van der Waals surface area contributed by atoms with Crippen molar-refractivity contribution < 1.29 is 9.53 Å². The second kappa shape index (κ2) is 6.27. The third-order valence-electron chi connectivity index (χ3n) is 4.00. The minimum atomic E-state index is -0.724. The molecule has 0 bridgehead atoms. The molecule has 4 nitrogen and oxygen atoms in total. The molecule has 0 heterocycles. The zero-order valence-corrected chi connectivity index (χ0v) is 12.3. The zero-order valence-electron chi connectivity index (χ0n) is 12.3. The van der Waals surface area contributed by atoms with Gasteiger partial charge in [-0.3, -0.25) is 4.79 Å². The average Bonchev–Trinajstić information content (AvgIpc) is 3.28. The summed E-state index contributed by atoms with van der Waals surface area (Å²) in [4.78, 5) is 11.9. The molecule has 110 valence electrons. The molecule has 0 spiro atoms. The number of ether oxygens (including phenoxy) is 1. The highest BCUT2D eigenvalue weighted by Crippen LogP contribution is 2.40. The fraction of sp³-hybridized carbons (Fsp3) is 0.562. The van der Waals surface area contributed by atoms with Gasteiger partial charge >= 0.3 is 0 Å². The molecule has 0 aromatic heterocycles. The van der Waals surface area contributed by atoms with Crippen LogP contribution < -0.4 is 15.8 Å². The topological polar surface area (TPSA) is 64.3 Å². The molecule has 1 aromatic carbocycles. The quantitative estimate of drug-likeness (QED) is 0.762. The van der Waals surface area contributed by atoms with Gasteiger partial charge in [0.2, 0.25) is 5.91 Å². The van der Waals surface area contributed by atoms with E-state index in [1.807, 2.05) is 31.2 Å². The number of likely N-dealkylation sites (N-methyl/N-ethyl adjacent to an activating group) is 1. The summed E-state index contributed by atoms with van der Waals surface area (Å²) < 4.78 is 5.82. The summed E-state index contributed by atoms with van der Waals surface area (Å²) in [5, 5.41) is 3.25. The third kappa shape index (κ3) is 3.12. The SMILES string of the molecule is CCNC(COc1ccc(CC)cc1)(C(N)=O)C1CC1. The van der Waals surface area contributed by atoms with Gasteiger partial charge in [-0.1, -0.05) is 26.0 Å². The van der Waals surface area contributed by atoms with E-state index in [9.17, 15) is 4.79 Å². The molecule has 2 rings (SSSR count). The van der Waals surface area contributed by atoms with Crippen LogP contribution in [0.2, 0.25) is 0 Å². The van der Waals surface area contributed by atoms with Crippen LogP contribution in [0, 0.1) is 5.92 Å². The Hall–Kier alpha value is -1.55. The van der Waals surface area contributed by atoms with Crippen molar-refractivity contribution in [3.63, 3.8) is 0 Å². The number of benzene rings is 1. The first-order valence-corrected chi connectivity index (χ1v) is 7.39. The van der Waals surface area contributed by atoms with E-state index in [1.54, 1.807) is 0 Å². The molecule has 1 fully saturated rings. The normalized spacial score (nSPS) is 17.5. The number of amides is 1. The first-order chi connectivity index (χ1) is 9.62. The van der Waals surface area contributed by atoms with Crippen molar-refractivity contribution in [1.29, 1.82) is 0 Å². The largest absolute Gasteiger partial charge is 0.491 e. The maximum Gasteiger partial charge on any atom is 0.241 e. The Kier molecular flexibility index (Phi) is 4.65. The van der Waals surface area contributed by atoms with Gasteiger partial charge in [-0.25, -0.2) is 0 Å². The number of nitrogens with two attached hydrogens (primary N) is 1. The molecule has 1 unspecified atom stereocenters. The van der Waals surface area contributed by atoms with Crippen LogP contribution in [0.25, 0.3) is 0 Å². The minimum absolute atomic E-state index is 0.298. The summed E-state index contributed by atoms with van der Waals surface area (Å²) >= 11 is 0. The van der Waals surface area contributed by atoms with Gasteiger partial charge in [0.15, 0.2) is 0 Å². The molecule has 1 atom stereocenters. The molecule has 0 aliphatic heterocycles. The number of hydrogen-bond acceptors (Lipinski definition) is 3. The molecular weight excluding hydrogens is 252 g/mol. The second-order valence-corrected chi connectivity index (χ2v) is 5.43. The molecule has 4 heteroatoms. The molecule has 1 saturated carbocycles. The number of carbonyl (C=O) groups excluding carboxylic acids is 1. The van der Waals surface area contributed by atoms with Crippen LogP contribution in [-0.4, -0.2) is 24.6 Å². The van der Waals surface area contributed by atoms with Crippen LogP contribution in [0.5, 0.6) is 5.75 Å². The van der Waals surface area contributed by atoms with E-state index in [2.05, 4.69) is 12.2 Å². The number of carbonyl (C=O) groups is 1. The van der Waals surface area contributed by atoms with Gasteiger partial charge < -0.3 is 15.8 Å². The van der Waals surface area contributed by atoms with Crippen molar-refractivity contribution in [3.8, 4) is 5.75 Å². The first-order valence-electron chi connectivity index (χ1n) is 7.39. The van der Waals surface area contributed by atoms with E-state index in [0.717, 1.165) is 25.0 Å². The maximum absolute atomic E-state index is 11.9. The highest BCUT2D eigenvalue weighted by Gasteiger charge is 2.50. The average molecular weight is 276 g/mol. The Morgan fingerprint density at radius 2 is 2.00 bits per heavy atom. The van der Waals surface area contributed by atoms with Gasteiger partial charge in [0.1, 0.15) is 17.9 Å². The number of aryl methyl sites for hydroxylation is 1. The minimum Gasteiger partial charge on any atom is -0.491 e. The van der Waals surface area contributed by atoms with Crippen molar-refractivity contribution in [1.82, 2.24) is 5.32 Å².